The zero-order chi connectivity index (χ0) is 19.5. The number of carbonyl (C=O) groups is 1. The van der Waals surface area contributed by atoms with Crippen LogP contribution in [0.25, 0.3) is 16.8 Å². The number of ketones is 1. The maximum atomic E-state index is 13.4. The summed E-state index contributed by atoms with van der Waals surface area (Å²) in [5.74, 6) is -0.807. The number of halogens is 1. The lowest BCUT2D eigenvalue weighted by Crippen LogP contribution is -2.02. The van der Waals surface area contributed by atoms with Gasteiger partial charge in [-0.2, -0.15) is 5.26 Å². The van der Waals surface area contributed by atoms with Gasteiger partial charge in [0.25, 0.3) is 0 Å². The molecular weight excluding hydrogens is 353 g/mol. The quantitative estimate of drug-likeness (QED) is 0.488. The van der Waals surface area contributed by atoms with Crippen LogP contribution in [-0.2, 0) is 0 Å². The van der Waals surface area contributed by atoms with E-state index < -0.39 is 5.82 Å². The van der Waals surface area contributed by atoms with Gasteiger partial charge >= 0.3 is 0 Å². The first-order valence-electron chi connectivity index (χ1n) is 8.60. The van der Waals surface area contributed by atoms with E-state index >= 15 is 0 Å². The highest BCUT2D eigenvalue weighted by Gasteiger charge is 2.14. The van der Waals surface area contributed by atoms with Crippen LogP contribution in [0.3, 0.4) is 0 Å². The summed E-state index contributed by atoms with van der Waals surface area (Å²) in [4.78, 5) is 16.7. The third-order valence-electron chi connectivity index (χ3n) is 4.40. The molecule has 3 aromatic carbocycles. The lowest BCUT2D eigenvalue weighted by molar-refractivity contribution is 0.103. The number of nitrogens with zero attached hydrogens (tertiary/aromatic N) is 3. The Kier molecular flexibility index (Phi) is 4.53. The molecule has 0 aliphatic heterocycles. The summed E-state index contributed by atoms with van der Waals surface area (Å²) in [5.41, 5.74) is 3.60. The van der Waals surface area contributed by atoms with Crippen molar-refractivity contribution >= 4 is 5.78 Å². The van der Waals surface area contributed by atoms with Crippen LogP contribution in [0, 0.1) is 17.1 Å². The van der Waals surface area contributed by atoms with Crippen LogP contribution in [0.4, 0.5) is 4.39 Å². The Hall–Kier alpha value is -4.04. The monoisotopic (exact) mass is 367 g/mol. The highest BCUT2D eigenvalue weighted by molar-refractivity contribution is 6.07. The molecule has 0 saturated carbocycles. The average molecular weight is 367 g/mol. The number of hydrogen-bond acceptors (Lipinski definition) is 3. The molecule has 4 rings (SSSR count). The third kappa shape index (κ3) is 3.31. The second kappa shape index (κ2) is 7.29. The standard InChI is InChI=1S/C23H14FN3O/c24-19-8-3-7-17(11-19)23(28)22-14-27(15-26-22)20-9-4-6-16(12-20)21-10-2-1-5-18(21)13-25/h1-12,14-15H. The second-order valence-corrected chi connectivity index (χ2v) is 6.21. The molecule has 0 saturated heterocycles. The van der Waals surface area contributed by atoms with Gasteiger partial charge in [-0.05, 0) is 41.5 Å². The Morgan fingerprint density at radius 3 is 2.64 bits per heavy atom. The van der Waals surface area contributed by atoms with Crippen molar-refractivity contribution in [1.82, 2.24) is 9.55 Å². The Labute approximate surface area is 161 Å². The van der Waals surface area contributed by atoms with Gasteiger partial charge in [-0.3, -0.25) is 4.79 Å². The first kappa shape index (κ1) is 17.4. The molecule has 1 aromatic heterocycles. The summed E-state index contributed by atoms with van der Waals surface area (Å²) in [6, 6.07) is 22.7. The first-order valence-corrected chi connectivity index (χ1v) is 8.60. The largest absolute Gasteiger partial charge is 0.306 e. The van der Waals surface area contributed by atoms with Crippen LogP contribution in [0.1, 0.15) is 21.6 Å². The lowest BCUT2D eigenvalue weighted by Gasteiger charge is -2.07. The molecule has 134 valence electrons. The molecular formula is C23H14FN3O. The van der Waals surface area contributed by atoms with Gasteiger partial charge in [0.1, 0.15) is 17.8 Å². The molecule has 0 unspecified atom stereocenters. The van der Waals surface area contributed by atoms with Crippen molar-refractivity contribution in [1.29, 1.82) is 5.26 Å². The summed E-state index contributed by atoms with van der Waals surface area (Å²) in [6.45, 7) is 0. The molecule has 0 atom stereocenters. The molecule has 28 heavy (non-hydrogen) atoms. The molecule has 0 bridgehead atoms. The highest BCUT2D eigenvalue weighted by atomic mass is 19.1. The second-order valence-electron chi connectivity index (χ2n) is 6.21. The van der Waals surface area contributed by atoms with E-state index in [1.807, 2.05) is 42.5 Å². The zero-order valence-corrected chi connectivity index (χ0v) is 14.7. The van der Waals surface area contributed by atoms with E-state index in [-0.39, 0.29) is 17.0 Å². The summed E-state index contributed by atoms with van der Waals surface area (Å²) in [5, 5.41) is 9.33. The molecule has 0 fully saturated rings. The average Bonchev–Trinajstić information content (AvgIpc) is 3.23. The summed E-state index contributed by atoms with van der Waals surface area (Å²) < 4.78 is 15.1. The van der Waals surface area contributed by atoms with E-state index in [0.29, 0.717) is 5.56 Å². The maximum absolute atomic E-state index is 13.4. The van der Waals surface area contributed by atoms with Crippen molar-refractivity contribution in [3.63, 3.8) is 0 Å². The van der Waals surface area contributed by atoms with Crippen LogP contribution >= 0.6 is 0 Å². The van der Waals surface area contributed by atoms with Gasteiger partial charge in [-0.1, -0.05) is 42.5 Å². The van der Waals surface area contributed by atoms with Gasteiger partial charge < -0.3 is 4.57 Å². The van der Waals surface area contributed by atoms with Crippen molar-refractivity contribution in [3.05, 3.63) is 108 Å². The Balaban J connectivity index is 1.68. The molecule has 0 aliphatic carbocycles. The number of imidazole rings is 1. The van der Waals surface area contributed by atoms with Crippen LogP contribution in [0.2, 0.25) is 0 Å². The van der Waals surface area contributed by atoms with Crippen LogP contribution in [0.5, 0.6) is 0 Å². The molecule has 0 aliphatic rings. The van der Waals surface area contributed by atoms with E-state index in [1.54, 1.807) is 29.2 Å². The number of rotatable bonds is 4. The van der Waals surface area contributed by atoms with Crippen molar-refractivity contribution in [2.75, 3.05) is 0 Å². The SMILES string of the molecule is N#Cc1ccccc1-c1cccc(-n2cnc(C(=O)c3cccc(F)c3)c2)c1. The minimum Gasteiger partial charge on any atom is -0.306 e. The molecule has 0 spiro atoms. The van der Waals surface area contributed by atoms with E-state index in [1.165, 1.54) is 18.2 Å². The predicted molar refractivity (Wildman–Crippen MR) is 104 cm³/mol. The number of nitriles is 1. The fraction of sp³-hybridized carbons (Fsp3) is 0. The predicted octanol–water partition coefficient (Wildman–Crippen LogP) is 4.78. The summed E-state index contributed by atoms with van der Waals surface area (Å²) in [6.07, 6.45) is 3.16. The van der Waals surface area contributed by atoms with E-state index in [4.69, 9.17) is 0 Å². The molecule has 4 nitrogen and oxygen atoms in total. The topological polar surface area (TPSA) is 58.7 Å². The van der Waals surface area contributed by atoms with Gasteiger partial charge in [-0.15, -0.1) is 0 Å². The van der Waals surface area contributed by atoms with Crippen LogP contribution < -0.4 is 0 Å². The van der Waals surface area contributed by atoms with Crippen molar-refractivity contribution < 1.29 is 9.18 Å². The first-order chi connectivity index (χ1) is 13.7. The van der Waals surface area contributed by atoms with Gasteiger partial charge in [0, 0.05) is 17.4 Å². The molecule has 0 N–H and O–H groups in total. The number of aromatic nitrogens is 2. The van der Waals surface area contributed by atoms with Crippen LogP contribution in [-0.4, -0.2) is 15.3 Å². The van der Waals surface area contributed by atoms with E-state index in [9.17, 15) is 14.4 Å². The van der Waals surface area contributed by atoms with Gasteiger partial charge in [0.15, 0.2) is 0 Å². The minimum absolute atomic E-state index is 0.230. The van der Waals surface area contributed by atoms with Gasteiger partial charge in [0.05, 0.1) is 11.6 Å². The number of carbonyl (C=O) groups excluding carboxylic acids is 1. The zero-order valence-electron chi connectivity index (χ0n) is 14.7. The molecule has 0 amide bonds. The minimum atomic E-state index is -0.464. The maximum Gasteiger partial charge on any atom is 0.213 e. The van der Waals surface area contributed by atoms with Gasteiger partial charge in [0.2, 0.25) is 5.78 Å². The molecule has 0 radical (unpaired) electrons. The highest BCUT2D eigenvalue weighted by Crippen LogP contribution is 2.25. The van der Waals surface area contributed by atoms with E-state index in [2.05, 4.69) is 11.1 Å². The molecule has 4 aromatic rings. The lowest BCUT2D eigenvalue weighted by atomic mass is 10.00. The fourth-order valence-corrected chi connectivity index (χ4v) is 3.03. The molecule has 5 heteroatoms. The number of benzene rings is 3. The molecule has 1 heterocycles. The number of hydrogen-bond donors (Lipinski definition) is 0. The fourth-order valence-electron chi connectivity index (χ4n) is 3.03. The smallest absolute Gasteiger partial charge is 0.213 e. The van der Waals surface area contributed by atoms with Crippen molar-refractivity contribution in [2.24, 2.45) is 0 Å². The normalized spacial score (nSPS) is 10.4. The Bertz CT molecular complexity index is 1220. The van der Waals surface area contributed by atoms with Gasteiger partial charge in [-0.25, -0.2) is 9.37 Å². The van der Waals surface area contributed by atoms with Crippen molar-refractivity contribution in [2.45, 2.75) is 0 Å². The Morgan fingerprint density at radius 1 is 1.00 bits per heavy atom. The third-order valence-corrected chi connectivity index (χ3v) is 4.40. The summed E-state index contributed by atoms with van der Waals surface area (Å²) in [7, 11) is 0. The summed E-state index contributed by atoms with van der Waals surface area (Å²) >= 11 is 0. The van der Waals surface area contributed by atoms with Crippen molar-refractivity contribution in [3.8, 4) is 22.9 Å². The van der Waals surface area contributed by atoms with E-state index in [0.717, 1.165) is 16.8 Å². The Morgan fingerprint density at radius 2 is 1.82 bits per heavy atom. The van der Waals surface area contributed by atoms with Crippen LogP contribution in [0.15, 0.2) is 85.3 Å².